The number of aromatic carboxylic acids is 1. The van der Waals surface area contributed by atoms with Gasteiger partial charge in [-0.05, 0) is 48.9 Å². The summed E-state index contributed by atoms with van der Waals surface area (Å²) >= 11 is 5.92. The standard InChI is InChI=1S/C15H10ClNO3/c1-9-6-12(3-4-13(9)16)20-14-5-2-10(15(18)19)7-11(14)8-17/h2-7H,1H3,(H,18,19). The molecule has 0 bridgehead atoms. The highest BCUT2D eigenvalue weighted by molar-refractivity contribution is 6.31. The van der Waals surface area contributed by atoms with Crippen LogP contribution >= 0.6 is 11.6 Å². The molecule has 0 saturated carbocycles. The smallest absolute Gasteiger partial charge is 0.335 e. The molecule has 0 aromatic heterocycles. The number of carboxylic acid groups (broad SMARTS) is 1. The van der Waals surface area contributed by atoms with E-state index in [2.05, 4.69) is 0 Å². The highest BCUT2D eigenvalue weighted by atomic mass is 35.5. The summed E-state index contributed by atoms with van der Waals surface area (Å²) in [6.45, 7) is 1.84. The Hall–Kier alpha value is -2.51. The highest BCUT2D eigenvalue weighted by Crippen LogP contribution is 2.28. The van der Waals surface area contributed by atoms with E-state index in [-0.39, 0.29) is 11.1 Å². The molecule has 20 heavy (non-hydrogen) atoms. The molecule has 1 N–H and O–H groups in total. The normalized spacial score (nSPS) is 9.85. The van der Waals surface area contributed by atoms with E-state index in [0.717, 1.165) is 5.56 Å². The van der Waals surface area contributed by atoms with Crippen LogP contribution < -0.4 is 4.74 Å². The Morgan fingerprint density at radius 2 is 2.05 bits per heavy atom. The summed E-state index contributed by atoms with van der Waals surface area (Å²) in [6, 6.07) is 11.2. The number of hydrogen-bond acceptors (Lipinski definition) is 3. The molecule has 0 unspecified atom stereocenters. The van der Waals surface area contributed by atoms with Gasteiger partial charge in [-0.25, -0.2) is 4.79 Å². The second kappa shape index (κ2) is 5.64. The molecule has 0 radical (unpaired) electrons. The third-order valence-corrected chi connectivity index (χ3v) is 3.13. The van der Waals surface area contributed by atoms with E-state index >= 15 is 0 Å². The van der Waals surface area contributed by atoms with Crippen LogP contribution in [0, 0.1) is 18.3 Å². The molecule has 4 nitrogen and oxygen atoms in total. The summed E-state index contributed by atoms with van der Waals surface area (Å²) < 4.78 is 5.60. The van der Waals surface area contributed by atoms with Crippen molar-refractivity contribution >= 4 is 17.6 Å². The molecule has 0 saturated heterocycles. The zero-order valence-corrected chi connectivity index (χ0v) is 11.3. The minimum absolute atomic E-state index is 0.0428. The van der Waals surface area contributed by atoms with Crippen molar-refractivity contribution in [2.24, 2.45) is 0 Å². The number of carbonyl (C=O) groups is 1. The Bertz CT molecular complexity index is 720. The van der Waals surface area contributed by atoms with Gasteiger partial charge in [-0.15, -0.1) is 0 Å². The summed E-state index contributed by atoms with van der Waals surface area (Å²) in [5.74, 6) is -0.249. The van der Waals surface area contributed by atoms with E-state index in [9.17, 15) is 4.79 Å². The van der Waals surface area contributed by atoms with Crippen LogP contribution in [0.2, 0.25) is 5.02 Å². The summed E-state index contributed by atoms with van der Waals surface area (Å²) in [5.41, 5.74) is 1.06. The maximum Gasteiger partial charge on any atom is 0.335 e. The predicted molar refractivity (Wildman–Crippen MR) is 74.4 cm³/mol. The average Bonchev–Trinajstić information content (AvgIpc) is 2.43. The molecule has 2 aromatic rings. The number of hydrogen-bond donors (Lipinski definition) is 1. The monoisotopic (exact) mass is 287 g/mol. The Balaban J connectivity index is 2.36. The lowest BCUT2D eigenvalue weighted by Crippen LogP contribution is -1.98. The Morgan fingerprint density at radius 3 is 2.65 bits per heavy atom. The minimum Gasteiger partial charge on any atom is -0.478 e. The number of carboxylic acids is 1. The van der Waals surface area contributed by atoms with Crippen molar-refractivity contribution in [3.8, 4) is 17.6 Å². The van der Waals surface area contributed by atoms with Crippen LogP contribution in [0.4, 0.5) is 0 Å². The highest BCUT2D eigenvalue weighted by Gasteiger charge is 2.10. The Labute approximate surface area is 120 Å². The Morgan fingerprint density at radius 1 is 1.30 bits per heavy atom. The first kappa shape index (κ1) is 13.9. The molecule has 5 heteroatoms. The SMILES string of the molecule is Cc1cc(Oc2ccc(C(=O)O)cc2C#N)ccc1Cl. The van der Waals surface area contributed by atoms with E-state index in [1.54, 1.807) is 18.2 Å². The van der Waals surface area contributed by atoms with Gasteiger partial charge in [0, 0.05) is 5.02 Å². The van der Waals surface area contributed by atoms with Gasteiger partial charge < -0.3 is 9.84 Å². The van der Waals surface area contributed by atoms with Crippen LogP contribution in [0.15, 0.2) is 36.4 Å². The van der Waals surface area contributed by atoms with E-state index in [4.69, 9.17) is 26.7 Å². The molecule has 0 spiro atoms. The molecular formula is C15H10ClNO3. The molecule has 0 aliphatic rings. The molecule has 0 fully saturated rings. The van der Waals surface area contributed by atoms with Gasteiger partial charge >= 0.3 is 5.97 Å². The van der Waals surface area contributed by atoms with E-state index in [0.29, 0.717) is 16.5 Å². The van der Waals surface area contributed by atoms with Crippen LogP contribution in [0.1, 0.15) is 21.5 Å². The van der Waals surface area contributed by atoms with Crippen molar-refractivity contribution < 1.29 is 14.6 Å². The van der Waals surface area contributed by atoms with Crippen molar-refractivity contribution in [3.63, 3.8) is 0 Å². The van der Waals surface area contributed by atoms with Gasteiger partial charge in [-0.1, -0.05) is 11.6 Å². The van der Waals surface area contributed by atoms with Crippen LogP contribution in [0.5, 0.6) is 11.5 Å². The fourth-order valence-electron chi connectivity index (χ4n) is 1.65. The van der Waals surface area contributed by atoms with E-state index in [1.807, 2.05) is 13.0 Å². The van der Waals surface area contributed by atoms with Gasteiger partial charge in [0.05, 0.1) is 11.1 Å². The molecule has 2 aromatic carbocycles. The fourth-order valence-corrected chi connectivity index (χ4v) is 1.76. The third-order valence-electron chi connectivity index (χ3n) is 2.70. The number of ether oxygens (including phenoxy) is 1. The molecule has 0 aliphatic carbocycles. The van der Waals surface area contributed by atoms with E-state index in [1.165, 1.54) is 18.2 Å². The lowest BCUT2D eigenvalue weighted by Gasteiger charge is -2.09. The predicted octanol–water partition coefficient (Wildman–Crippen LogP) is 4.01. The van der Waals surface area contributed by atoms with Gasteiger partial charge in [0.2, 0.25) is 0 Å². The number of aryl methyl sites for hydroxylation is 1. The quantitative estimate of drug-likeness (QED) is 0.926. The number of nitrogens with zero attached hydrogens (tertiary/aromatic N) is 1. The van der Waals surface area contributed by atoms with Crippen molar-refractivity contribution in [1.82, 2.24) is 0 Å². The van der Waals surface area contributed by atoms with Crippen molar-refractivity contribution in [3.05, 3.63) is 58.1 Å². The third kappa shape index (κ3) is 2.90. The van der Waals surface area contributed by atoms with Crippen molar-refractivity contribution in [2.45, 2.75) is 6.92 Å². The number of nitriles is 1. The molecule has 0 aliphatic heterocycles. The van der Waals surface area contributed by atoms with Crippen LogP contribution in [0.3, 0.4) is 0 Å². The van der Waals surface area contributed by atoms with Crippen LogP contribution in [-0.4, -0.2) is 11.1 Å². The summed E-state index contributed by atoms with van der Waals surface area (Å²) in [5, 5.41) is 18.6. The maximum atomic E-state index is 10.9. The number of benzene rings is 2. The molecule has 0 amide bonds. The topological polar surface area (TPSA) is 70.3 Å². The van der Waals surface area contributed by atoms with Crippen LogP contribution in [0.25, 0.3) is 0 Å². The minimum atomic E-state index is -1.09. The van der Waals surface area contributed by atoms with Gasteiger partial charge in [0.15, 0.2) is 0 Å². The molecule has 0 atom stereocenters. The summed E-state index contributed by atoms with van der Waals surface area (Å²) in [4.78, 5) is 10.9. The molecular weight excluding hydrogens is 278 g/mol. The molecule has 2 rings (SSSR count). The largest absolute Gasteiger partial charge is 0.478 e. The average molecular weight is 288 g/mol. The molecule has 100 valence electrons. The maximum absolute atomic E-state index is 10.9. The number of rotatable bonds is 3. The first-order valence-electron chi connectivity index (χ1n) is 5.72. The summed E-state index contributed by atoms with van der Waals surface area (Å²) in [7, 11) is 0. The van der Waals surface area contributed by atoms with Gasteiger partial charge in [0.25, 0.3) is 0 Å². The van der Waals surface area contributed by atoms with Gasteiger partial charge in [-0.2, -0.15) is 5.26 Å². The lowest BCUT2D eigenvalue weighted by molar-refractivity contribution is 0.0697. The zero-order chi connectivity index (χ0) is 14.7. The first-order valence-corrected chi connectivity index (χ1v) is 6.10. The lowest BCUT2D eigenvalue weighted by atomic mass is 10.1. The first-order chi connectivity index (χ1) is 9.51. The summed E-state index contributed by atoms with van der Waals surface area (Å²) in [6.07, 6.45) is 0. The number of halogens is 1. The molecule has 0 heterocycles. The zero-order valence-electron chi connectivity index (χ0n) is 10.6. The van der Waals surface area contributed by atoms with E-state index < -0.39 is 5.97 Å². The van der Waals surface area contributed by atoms with Gasteiger partial charge in [-0.3, -0.25) is 0 Å². The Kier molecular flexibility index (Phi) is 3.92. The second-order valence-corrected chi connectivity index (χ2v) is 4.55. The fraction of sp³-hybridized carbons (Fsp3) is 0.0667. The van der Waals surface area contributed by atoms with Crippen LogP contribution in [-0.2, 0) is 0 Å². The van der Waals surface area contributed by atoms with Crippen molar-refractivity contribution in [1.29, 1.82) is 5.26 Å². The van der Waals surface area contributed by atoms with Crippen molar-refractivity contribution in [2.75, 3.05) is 0 Å². The second-order valence-electron chi connectivity index (χ2n) is 4.14. The van der Waals surface area contributed by atoms with Gasteiger partial charge in [0.1, 0.15) is 17.6 Å².